The van der Waals surface area contributed by atoms with Gasteiger partial charge in [0.1, 0.15) is 4.83 Å². The van der Waals surface area contributed by atoms with E-state index < -0.39 is 0 Å². The Bertz CT molecular complexity index is 2470. The number of hydrogen-bond donors (Lipinski definition) is 0. The molecule has 0 bridgehead atoms. The molecular formula is C41H26N2S2. The van der Waals surface area contributed by atoms with Gasteiger partial charge in [0.25, 0.3) is 0 Å². The number of fused-ring (bicyclic) bond motifs is 6. The largest absolute Gasteiger partial charge is 0.310 e. The fraction of sp³-hybridized carbons (Fsp3) is 0. The number of nitrogens with zero attached hydrogens (tertiary/aromatic N) is 2. The molecule has 9 rings (SSSR count). The Morgan fingerprint density at radius 2 is 1.00 bits per heavy atom. The van der Waals surface area contributed by atoms with Gasteiger partial charge in [0.05, 0.1) is 0 Å². The van der Waals surface area contributed by atoms with Gasteiger partial charge >= 0.3 is 0 Å². The van der Waals surface area contributed by atoms with Crippen molar-refractivity contribution in [3.05, 3.63) is 158 Å². The van der Waals surface area contributed by atoms with E-state index in [1.165, 1.54) is 57.9 Å². The Kier molecular flexibility index (Phi) is 6.22. The molecule has 0 saturated heterocycles. The lowest BCUT2D eigenvalue weighted by Crippen LogP contribution is -2.09. The van der Waals surface area contributed by atoms with Gasteiger partial charge in [-0.3, -0.25) is 0 Å². The van der Waals surface area contributed by atoms with Crippen molar-refractivity contribution in [1.29, 1.82) is 0 Å². The van der Waals surface area contributed by atoms with Crippen molar-refractivity contribution in [3.8, 4) is 22.3 Å². The van der Waals surface area contributed by atoms with Crippen molar-refractivity contribution >= 4 is 80.2 Å². The van der Waals surface area contributed by atoms with E-state index in [0.717, 1.165) is 21.9 Å². The molecule has 2 nitrogen and oxygen atoms in total. The summed E-state index contributed by atoms with van der Waals surface area (Å²) in [5.74, 6) is 0. The standard InChI is InChI=1S/C41H26N2S2/c1-2-8-27(9-3-1)28-14-18-30(19-15-28)43(32-22-23-39-36(26-32)34-10-4-6-12-37(34)44-39)31-20-16-29(17-21-31)33-24-25-42-41-40(33)35-11-5-7-13-38(35)45-41/h1-26H. The zero-order valence-electron chi connectivity index (χ0n) is 24.2. The van der Waals surface area contributed by atoms with Crippen LogP contribution in [0.15, 0.2) is 158 Å². The smallest absolute Gasteiger partial charge is 0.125 e. The highest BCUT2D eigenvalue weighted by atomic mass is 32.1. The number of rotatable bonds is 5. The van der Waals surface area contributed by atoms with Crippen molar-refractivity contribution < 1.29 is 0 Å². The number of anilines is 3. The lowest BCUT2D eigenvalue weighted by molar-refractivity contribution is 1.29. The van der Waals surface area contributed by atoms with E-state index in [4.69, 9.17) is 4.98 Å². The topological polar surface area (TPSA) is 16.1 Å². The predicted molar refractivity (Wildman–Crippen MR) is 196 cm³/mol. The fourth-order valence-corrected chi connectivity index (χ4v) is 8.57. The molecule has 9 aromatic rings. The molecule has 212 valence electrons. The average molecular weight is 611 g/mol. The Morgan fingerprint density at radius 1 is 0.422 bits per heavy atom. The van der Waals surface area contributed by atoms with Crippen LogP contribution >= 0.6 is 22.7 Å². The average Bonchev–Trinajstić information content (AvgIpc) is 3.68. The zero-order chi connectivity index (χ0) is 29.7. The molecule has 0 amide bonds. The molecule has 4 heteroatoms. The van der Waals surface area contributed by atoms with E-state index >= 15 is 0 Å². The van der Waals surface area contributed by atoms with E-state index in [1.807, 2.05) is 17.5 Å². The molecule has 0 aliphatic carbocycles. The minimum Gasteiger partial charge on any atom is -0.310 e. The monoisotopic (exact) mass is 610 g/mol. The van der Waals surface area contributed by atoms with Gasteiger partial charge in [0.2, 0.25) is 0 Å². The number of benzene rings is 6. The molecule has 0 unspecified atom stereocenters. The summed E-state index contributed by atoms with van der Waals surface area (Å²) >= 11 is 3.61. The van der Waals surface area contributed by atoms with Gasteiger partial charge in [-0.25, -0.2) is 4.98 Å². The Morgan fingerprint density at radius 3 is 1.76 bits per heavy atom. The quantitative estimate of drug-likeness (QED) is 0.193. The SMILES string of the molecule is c1ccc(-c2ccc(N(c3ccc(-c4ccnc5sc6ccccc6c45)cc3)c3ccc4sc5ccccc5c4c3)cc2)cc1. The minimum absolute atomic E-state index is 1.08. The maximum Gasteiger partial charge on any atom is 0.125 e. The van der Waals surface area contributed by atoms with E-state index in [1.54, 1.807) is 11.3 Å². The second kappa shape index (κ2) is 10.7. The van der Waals surface area contributed by atoms with Crippen molar-refractivity contribution in [1.82, 2.24) is 4.98 Å². The van der Waals surface area contributed by atoms with Gasteiger partial charge < -0.3 is 4.90 Å². The maximum absolute atomic E-state index is 4.71. The van der Waals surface area contributed by atoms with Gasteiger partial charge in [-0.15, -0.1) is 22.7 Å². The first-order chi connectivity index (χ1) is 22.3. The molecule has 0 N–H and O–H groups in total. The number of thiophene rings is 2. The van der Waals surface area contributed by atoms with Crippen LogP contribution in [0, 0.1) is 0 Å². The molecule has 3 aromatic heterocycles. The number of hydrogen-bond acceptors (Lipinski definition) is 4. The molecule has 0 fully saturated rings. The van der Waals surface area contributed by atoms with Crippen molar-refractivity contribution in [2.45, 2.75) is 0 Å². The molecule has 0 radical (unpaired) electrons. The van der Waals surface area contributed by atoms with Gasteiger partial charge in [0.15, 0.2) is 0 Å². The van der Waals surface area contributed by atoms with Gasteiger partial charge in [-0.1, -0.05) is 91.0 Å². The third-order valence-electron chi connectivity index (χ3n) is 8.57. The number of pyridine rings is 1. The van der Waals surface area contributed by atoms with Crippen molar-refractivity contribution in [2.24, 2.45) is 0 Å². The summed E-state index contributed by atoms with van der Waals surface area (Å²) in [6, 6.07) is 54.8. The summed E-state index contributed by atoms with van der Waals surface area (Å²) in [6.45, 7) is 0. The summed E-state index contributed by atoms with van der Waals surface area (Å²) in [5.41, 5.74) is 8.21. The van der Waals surface area contributed by atoms with Crippen LogP contribution in [-0.4, -0.2) is 4.98 Å². The summed E-state index contributed by atoms with van der Waals surface area (Å²) in [7, 11) is 0. The van der Waals surface area contributed by atoms with Crippen LogP contribution < -0.4 is 4.90 Å². The molecule has 3 heterocycles. The van der Waals surface area contributed by atoms with Crippen LogP contribution in [0.4, 0.5) is 17.1 Å². The van der Waals surface area contributed by atoms with Crippen molar-refractivity contribution in [2.75, 3.05) is 4.90 Å². The molecule has 45 heavy (non-hydrogen) atoms. The first-order valence-electron chi connectivity index (χ1n) is 15.0. The summed E-state index contributed by atoms with van der Waals surface area (Å²) in [5, 5.41) is 5.09. The Labute approximate surface area is 269 Å². The highest BCUT2D eigenvalue weighted by molar-refractivity contribution is 7.26. The van der Waals surface area contributed by atoms with E-state index in [2.05, 4.69) is 157 Å². The first-order valence-corrected chi connectivity index (χ1v) is 16.7. The molecule has 0 aliphatic rings. The van der Waals surface area contributed by atoms with Crippen LogP contribution in [-0.2, 0) is 0 Å². The fourth-order valence-electron chi connectivity index (χ4n) is 6.41. The van der Waals surface area contributed by atoms with Crippen LogP contribution in [0.1, 0.15) is 0 Å². The molecular weight excluding hydrogens is 585 g/mol. The highest BCUT2D eigenvalue weighted by Gasteiger charge is 2.17. The zero-order valence-corrected chi connectivity index (χ0v) is 25.9. The van der Waals surface area contributed by atoms with Crippen molar-refractivity contribution in [3.63, 3.8) is 0 Å². The van der Waals surface area contributed by atoms with Crippen LogP contribution in [0.3, 0.4) is 0 Å². The normalized spacial score (nSPS) is 11.6. The minimum atomic E-state index is 1.08. The van der Waals surface area contributed by atoms with Gasteiger partial charge in [0, 0.05) is 58.9 Å². The lowest BCUT2D eigenvalue weighted by Gasteiger charge is -2.26. The molecule has 0 spiro atoms. The Balaban J connectivity index is 1.18. The summed E-state index contributed by atoms with van der Waals surface area (Å²) < 4.78 is 3.89. The van der Waals surface area contributed by atoms with Gasteiger partial charge in [-0.05, 0) is 82.9 Å². The van der Waals surface area contributed by atoms with Crippen LogP contribution in [0.2, 0.25) is 0 Å². The third-order valence-corrected chi connectivity index (χ3v) is 10.8. The predicted octanol–water partition coefficient (Wildman–Crippen LogP) is 12.6. The lowest BCUT2D eigenvalue weighted by atomic mass is 10.0. The number of aromatic nitrogens is 1. The molecule has 6 aromatic carbocycles. The highest BCUT2D eigenvalue weighted by Crippen LogP contribution is 2.43. The molecule has 0 saturated carbocycles. The first kappa shape index (κ1) is 26.1. The van der Waals surface area contributed by atoms with E-state index in [-0.39, 0.29) is 0 Å². The van der Waals surface area contributed by atoms with E-state index in [9.17, 15) is 0 Å². The maximum atomic E-state index is 4.71. The molecule has 0 aliphatic heterocycles. The summed E-state index contributed by atoms with van der Waals surface area (Å²) in [4.78, 5) is 8.16. The van der Waals surface area contributed by atoms with Crippen LogP contribution in [0.5, 0.6) is 0 Å². The Hall–Kier alpha value is -5.29. The van der Waals surface area contributed by atoms with E-state index in [0.29, 0.717) is 0 Å². The third kappa shape index (κ3) is 4.50. The molecule has 0 atom stereocenters. The van der Waals surface area contributed by atoms with Crippen LogP contribution in [0.25, 0.3) is 62.7 Å². The van der Waals surface area contributed by atoms with Gasteiger partial charge in [-0.2, -0.15) is 0 Å². The second-order valence-electron chi connectivity index (χ2n) is 11.2. The second-order valence-corrected chi connectivity index (χ2v) is 13.3. The summed E-state index contributed by atoms with van der Waals surface area (Å²) in [6.07, 6.45) is 1.93.